The van der Waals surface area contributed by atoms with Gasteiger partial charge in [0.1, 0.15) is 5.82 Å². The average molecular weight is 299 g/mol. The highest BCUT2D eigenvalue weighted by molar-refractivity contribution is 6.09. The highest BCUT2D eigenvalue weighted by Crippen LogP contribution is 2.15. The Morgan fingerprint density at radius 1 is 1.05 bits per heavy atom. The third-order valence-corrected chi connectivity index (χ3v) is 3.79. The minimum Gasteiger partial charge on any atom is -0.379 e. The van der Waals surface area contributed by atoms with E-state index in [1.54, 1.807) is 18.2 Å². The molecule has 2 aromatic carbocycles. The molecule has 0 spiro atoms. The highest BCUT2D eigenvalue weighted by Gasteiger charge is 2.13. The number of carbonyl (C=O) groups is 1. The maximum atomic E-state index is 13.3. The van der Waals surface area contributed by atoms with Crippen molar-refractivity contribution in [3.05, 3.63) is 71.0 Å². The molecule has 1 aliphatic rings. The first-order chi connectivity index (χ1) is 10.7. The van der Waals surface area contributed by atoms with Gasteiger partial charge in [-0.15, -0.1) is 0 Å². The molecule has 1 saturated heterocycles. The zero-order chi connectivity index (χ0) is 15.4. The van der Waals surface area contributed by atoms with Crippen LogP contribution in [0.4, 0.5) is 4.39 Å². The molecule has 0 aromatic heterocycles. The van der Waals surface area contributed by atoms with Crippen molar-refractivity contribution >= 4 is 5.78 Å². The van der Waals surface area contributed by atoms with E-state index in [2.05, 4.69) is 4.90 Å². The van der Waals surface area contributed by atoms with Crippen molar-refractivity contribution < 1.29 is 13.9 Å². The topological polar surface area (TPSA) is 29.5 Å². The van der Waals surface area contributed by atoms with Gasteiger partial charge in [-0.05, 0) is 23.8 Å². The third kappa shape index (κ3) is 3.59. The van der Waals surface area contributed by atoms with E-state index in [1.807, 2.05) is 18.2 Å². The fourth-order valence-electron chi connectivity index (χ4n) is 2.62. The molecule has 0 atom stereocenters. The van der Waals surface area contributed by atoms with E-state index in [4.69, 9.17) is 4.74 Å². The molecular formula is C18H18FNO2. The summed E-state index contributed by atoms with van der Waals surface area (Å²) in [4.78, 5) is 14.7. The molecule has 0 radical (unpaired) electrons. The normalized spacial score (nSPS) is 15.7. The molecule has 1 aliphatic heterocycles. The first-order valence-electron chi connectivity index (χ1n) is 7.42. The summed E-state index contributed by atoms with van der Waals surface area (Å²) in [5.74, 6) is -0.543. The Morgan fingerprint density at radius 2 is 1.73 bits per heavy atom. The van der Waals surface area contributed by atoms with Gasteiger partial charge in [-0.3, -0.25) is 9.69 Å². The summed E-state index contributed by atoms with van der Waals surface area (Å²) in [5.41, 5.74) is 2.06. The highest BCUT2D eigenvalue weighted by atomic mass is 19.1. The molecule has 3 nitrogen and oxygen atoms in total. The predicted octanol–water partition coefficient (Wildman–Crippen LogP) is 2.89. The van der Waals surface area contributed by atoms with Crippen LogP contribution in [0.1, 0.15) is 21.5 Å². The molecule has 1 heterocycles. The number of carbonyl (C=O) groups excluding carboxylic acids is 1. The van der Waals surface area contributed by atoms with E-state index in [0.29, 0.717) is 11.1 Å². The Morgan fingerprint density at radius 3 is 2.45 bits per heavy atom. The number of hydrogen-bond donors (Lipinski definition) is 0. The van der Waals surface area contributed by atoms with Crippen LogP contribution in [0.5, 0.6) is 0 Å². The van der Waals surface area contributed by atoms with Crippen molar-refractivity contribution in [2.24, 2.45) is 0 Å². The summed E-state index contributed by atoms with van der Waals surface area (Å²) in [6.45, 7) is 4.11. The van der Waals surface area contributed by atoms with E-state index >= 15 is 0 Å². The summed E-state index contributed by atoms with van der Waals surface area (Å²) < 4.78 is 18.6. The number of benzene rings is 2. The molecule has 2 aromatic rings. The van der Waals surface area contributed by atoms with Crippen LogP contribution >= 0.6 is 0 Å². The van der Waals surface area contributed by atoms with Crippen molar-refractivity contribution in [3.63, 3.8) is 0 Å². The minimum absolute atomic E-state index is 0.150. The Hall–Kier alpha value is -2.04. The molecule has 3 rings (SSSR count). The molecule has 22 heavy (non-hydrogen) atoms. The van der Waals surface area contributed by atoms with Crippen molar-refractivity contribution in [1.29, 1.82) is 0 Å². The monoisotopic (exact) mass is 299 g/mol. The lowest BCUT2D eigenvalue weighted by atomic mass is 10.0. The summed E-state index contributed by atoms with van der Waals surface area (Å²) in [5, 5.41) is 0. The molecule has 0 unspecified atom stereocenters. The molecule has 0 N–H and O–H groups in total. The summed E-state index contributed by atoms with van der Waals surface area (Å²) >= 11 is 0. The lowest BCUT2D eigenvalue weighted by Gasteiger charge is -2.26. The van der Waals surface area contributed by atoms with E-state index in [-0.39, 0.29) is 5.78 Å². The number of ketones is 1. The van der Waals surface area contributed by atoms with Gasteiger partial charge in [-0.2, -0.15) is 0 Å². The van der Waals surface area contributed by atoms with Gasteiger partial charge in [0.2, 0.25) is 0 Å². The second kappa shape index (κ2) is 6.81. The third-order valence-electron chi connectivity index (χ3n) is 3.79. The summed E-state index contributed by atoms with van der Waals surface area (Å²) in [6, 6.07) is 13.4. The van der Waals surface area contributed by atoms with Gasteiger partial charge in [0, 0.05) is 30.8 Å². The zero-order valence-corrected chi connectivity index (χ0v) is 12.3. The number of morpholine rings is 1. The van der Waals surface area contributed by atoms with Crippen molar-refractivity contribution in [3.8, 4) is 0 Å². The predicted molar refractivity (Wildman–Crippen MR) is 82.4 cm³/mol. The summed E-state index contributed by atoms with van der Waals surface area (Å²) in [7, 11) is 0. The van der Waals surface area contributed by atoms with Crippen LogP contribution in [0, 0.1) is 5.82 Å². The Kier molecular flexibility index (Phi) is 4.61. The number of nitrogens with zero attached hydrogens (tertiary/aromatic N) is 1. The van der Waals surface area contributed by atoms with Gasteiger partial charge < -0.3 is 4.74 Å². The number of rotatable bonds is 4. The Labute approximate surface area is 129 Å². The molecule has 0 saturated carbocycles. The molecule has 1 fully saturated rings. The Balaban J connectivity index is 1.76. The fourth-order valence-corrected chi connectivity index (χ4v) is 2.62. The molecular weight excluding hydrogens is 281 g/mol. The van der Waals surface area contributed by atoms with Crippen LogP contribution in [-0.2, 0) is 11.3 Å². The van der Waals surface area contributed by atoms with Gasteiger partial charge >= 0.3 is 0 Å². The van der Waals surface area contributed by atoms with Gasteiger partial charge in [-0.1, -0.05) is 30.3 Å². The Bertz CT molecular complexity index is 666. The SMILES string of the molecule is O=C(c1cccc(F)c1)c1cccc(CN2CCOCC2)c1. The van der Waals surface area contributed by atoms with E-state index in [9.17, 15) is 9.18 Å². The average Bonchev–Trinajstić information content (AvgIpc) is 2.55. The van der Waals surface area contributed by atoms with E-state index in [0.717, 1.165) is 38.4 Å². The smallest absolute Gasteiger partial charge is 0.193 e. The first kappa shape index (κ1) is 14.9. The second-order valence-corrected chi connectivity index (χ2v) is 5.43. The maximum absolute atomic E-state index is 13.3. The van der Waals surface area contributed by atoms with Crippen molar-refractivity contribution in [2.75, 3.05) is 26.3 Å². The zero-order valence-electron chi connectivity index (χ0n) is 12.3. The van der Waals surface area contributed by atoms with Crippen molar-refractivity contribution in [1.82, 2.24) is 4.90 Å². The first-order valence-corrected chi connectivity index (χ1v) is 7.42. The van der Waals surface area contributed by atoms with Gasteiger partial charge in [0.15, 0.2) is 5.78 Å². The van der Waals surface area contributed by atoms with Crippen LogP contribution in [0.3, 0.4) is 0 Å². The fraction of sp³-hybridized carbons (Fsp3) is 0.278. The lowest BCUT2D eigenvalue weighted by Crippen LogP contribution is -2.35. The molecule has 0 aliphatic carbocycles. The lowest BCUT2D eigenvalue weighted by molar-refractivity contribution is 0.0342. The van der Waals surface area contributed by atoms with E-state index in [1.165, 1.54) is 12.1 Å². The van der Waals surface area contributed by atoms with Gasteiger partial charge in [0.25, 0.3) is 0 Å². The van der Waals surface area contributed by atoms with Gasteiger partial charge in [-0.25, -0.2) is 4.39 Å². The quantitative estimate of drug-likeness (QED) is 0.813. The van der Waals surface area contributed by atoms with Crippen LogP contribution in [0.15, 0.2) is 48.5 Å². The second-order valence-electron chi connectivity index (χ2n) is 5.43. The largest absolute Gasteiger partial charge is 0.379 e. The number of ether oxygens (including phenoxy) is 1. The van der Waals surface area contributed by atoms with Crippen molar-refractivity contribution in [2.45, 2.75) is 6.54 Å². The maximum Gasteiger partial charge on any atom is 0.193 e. The van der Waals surface area contributed by atoms with Gasteiger partial charge in [0.05, 0.1) is 13.2 Å². The number of halogens is 1. The molecule has 0 amide bonds. The molecule has 114 valence electrons. The van der Waals surface area contributed by atoms with Crippen LogP contribution < -0.4 is 0 Å². The van der Waals surface area contributed by atoms with Crippen LogP contribution in [0.2, 0.25) is 0 Å². The number of hydrogen-bond acceptors (Lipinski definition) is 3. The van der Waals surface area contributed by atoms with Crippen LogP contribution in [-0.4, -0.2) is 37.0 Å². The summed E-state index contributed by atoms with van der Waals surface area (Å²) in [6.07, 6.45) is 0. The molecule has 0 bridgehead atoms. The molecule has 4 heteroatoms. The standard InChI is InChI=1S/C18H18FNO2/c19-17-6-2-5-16(12-17)18(21)15-4-1-3-14(11-15)13-20-7-9-22-10-8-20/h1-6,11-12H,7-10,13H2. The minimum atomic E-state index is -0.393. The van der Waals surface area contributed by atoms with E-state index < -0.39 is 5.82 Å². The van der Waals surface area contributed by atoms with Crippen LogP contribution in [0.25, 0.3) is 0 Å².